The van der Waals surface area contributed by atoms with E-state index in [1.165, 1.54) is 15.9 Å². The average Bonchev–Trinajstić information content (AvgIpc) is 2.80. The van der Waals surface area contributed by atoms with Gasteiger partial charge in [-0.15, -0.1) is 0 Å². The highest BCUT2D eigenvalue weighted by Crippen LogP contribution is 2.65. The highest BCUT2D eigenvalue weighted by Gasteiger charge is 2.53. The maximum absolute atomic E-state index is 12.7. The van der Waals surface area contributed by atoms with E-state index in [2.05, 4.69) is 84.9 Å². The minimum Gasteiger partial charge on any atom is -1.00 e. The summed E-state index contributed by atoms with van der Waals surface area (Å²) in [6.07, 6.45) is 1.15. The quantitative estimate of drug-likeness (QED) is 0.347. The summed E-state index contributed by atoms with van der Waals surface area (Å²) < 4.78 is 0. The van der Waals surface area contributed by atoms with Gasteiger partial charge in [-0.05, 0) is 36.4 Å². The second-order valence-electron chi connectivity index (χ2n) is 6.72. The lowest BCUT2D eigenvalue weighted by molar-refractivity contribution is -0.107. The maximum atomic E-state index is 12.7. The Bertz CT molecular complexity index is 925. The molecule has 0 aliphatic heterocycles. The summed E-state index contributed by atoms with van der Waals surface area (Å²) >= 11 is 0. The van der Waals surface area contributed by atoms with Crippen molar-refractivity contribution in [2.24, 2.45) is 0 Å². The van der Waals surface area contributed by atoms with E-state index < -0.39 is 7.26 Å². The topological polar surface area (TPSA) is 17.1 Å². The average molecular weight is 417 g/mol. The van der Waals surface area contributed by atoms with Crippen molar-refractivity contribution in [3.05, 3.63) is 127 Å². The van der Waals surface area contributed by atoms with Gasteiger partial charge >= 0.3 is 0 Å². The lowest BCUT2D eigenvalue weighted by atomic mass is 10.2. The van der Waals surface area contributed by atoms with Gasteiger partial charge in [0.25, 0.3) is 0 Å². The molecule has 0 spiro atoms. The van der Waals surface area contributed by atoms with Crippen LogP contribution in [0.1, 0.15) is 11.2 Å². The minimum atomic E-state index is -2.25. The Hall–Kier alpha value is -2.73. The summed E-state index contributed by atoms with van der Waals surface area (Å²) in [5, 5.41) is 3.65. The molecule has 144 valence electrons. The van der Waals surface area contributed by atoms with Crippen LogP contribution in [-0.4, -0.2) is 6.29 Å². The first kappa shape index (κ1) is 21.0. The van der Waals surface area contributed by atoms with Crippen LogP contribution in [0.5, 0.6) is 0 Å². The van der Waals surface area contributed by atoms with E-state index in [-0.39, 0.29) is 18.1 Å². The molecule has 0 saturated heterocycles. The molecule has 0 radical (unpaired) electrons. The van der Waals surface area contributed by atoms with Crippen LogP contribution in [0, 0.1) is 0 Å². The maximum Gasteiger partial charge on any atom is 0.165 e. The standard InChI is InChI=1S/C26H22OP.ClH/c27-21-26(22-13-5-1-6-14-22)28(23-15-7-2-8-16-23,24-17-9-3-10-18-24)25-19-11-4-12-20-25;/h1-21,26H;1H/q+1;/p-1. The van der Waals surface area contributed by atoms with E-state index in [4.69, 9.17) is 0 Å². The Morgan fingerprint density at radius 2 is 0.828 bits per heavy atom. The van der Waals surface area contributed by atoms with Crippen LogP contribution in [0.2, 0.25) is 0 Å². The van der Waals surface area contributed by atoms with Crippen LogP contribution in [0.25, 0.3) is 0 Å². The van der Waals surface area contributed by atoms with E-state index in [9.17, 15) is 4.79 Å². The van der Waals surface area contributed by atoms with Gasteiger partial charge in [-0.2, -0.15) is 0 Å². The summed E-state index contributed by atoms with van der Waals surface area (Å²) in [4.78, 5) is 12.7. The molecule has 0 fully saturated rings. The van der Waals surface area contributed by atoms with Crippen molar-refractivity contribution in [1.82, 2.24) is 0 Å². The van der Waals surface area contributed by atoms with E-state index >= 15 is 0 Å². The van der Waals surface area contributed by atoms with E-state index in [1.807, 2.05) is 36.4 Å². The molecular formula is C26H22ClOP. The largest absolute Gasteiger partial charge is 1.00 e. The van der Waals surface area contributed by atoms with Gasteiger partial charge in [0.15, 0.2) is 11.9 Å². The molecule has 0 bridgehead atoms. The molecule has 0 N–H and O–H groups in total. The fourth-order valence-electron chi connectivity index (χ4n) is 3.96. The van der Waals surface area contributed by atoms with Crippen molar-refractivity contribution < 1.29 is 17.2 Å². The number of hydrogen-bond donors (Lipinski definition) is 0. The van der Waals surface area contributed by atoms with E-state index in [0.717, 1.165) is 11.8 Å². The molecule has 1 nitrogen and oxygen atoms in total. The van der Waals surface area contributed by atoms with Gasteiger partial charge in [0.05, 0.1) is 0 Å². The van der Waals surface area contributed by atoms with Gasteiger partial charge < -0.3 is 12.4 Å². The van der Waals surface area contributed by atoms with Crippen molar-refractivity contribution in [1.29, 1.82) is 0 Å². The number of carbonyl (C=O) groups is 1. The zero-order chi connectivity index (χ0) is 19.2. The van der Waals surface area contributed by atoms with Crippen LogP contribution in [0.3, 0.4) is 0 Å². The second kappa shape index (κ2) is 9.65. The summed E-state index contributed by atoms with van der Waals surface area (Å²) in [5.41, 5.74) is 0.809. The van der Waals surface area contributed by atoms with Gasteiger partial charge in [0.2, 0.25) is 0 Å². The van der Waals surface area contributed by atoms with Crippen molar-refractivity contribution in [3.8, 4) is 0 Å². The first-order valence-corrected chi connectivity index (χ1v) is 11.3. The van der Waals surface area contributed by atoms with E-state index in [0.29, 0.717) is 0 Å². The van der Waals surface area contributed by atoms with Gasteiger partial charge in [0, 0.05) is 5.56 Å². The summed E-state index contributed by atoms with van der Waals surface area (Å²) in [6.45, 7) is 0. The Balaban J connectivity index is 0.00000240. The monoisotopic (exact) mass is 416 g/mol. The molecule has 0 aliphatic rings. The molecule has 0 saturated carbocycles. The first-order valence-electron chi connectivity index (χ1n) is 9.43. The summed E-state index contributed by atoms with van der Waals surface area (Å²) in [5.74, 6) is 0. The van der Waals surface area contributed by atoms with Crippen molar-refractivity contribution >= 4 is 29.5 Å². The lowest BCUT2D eigenvalue weighted by Gasteiger charge is -2.32. The Labute approximate surface area is 179 Å². The summed E-state index contributed by atoms with van der Waals surface area (Å²) in [6, 6.07) is 41.8. The molecule has 3 heteroatoms. The molecule has 29 heavy (non-hydrogen) atoms. The second-order valence-corrected chi connectivity index (χ2v) is 10.3. The molecule has 0 aromatic heterocycles. The smallest absolute Gasteiger partial charge is 0.165 e. The number of hydrogen-bond acceptors (Lipinski definition) is 1. The van der Waals surface area contributed by atoms with Crippen LogP contribution in [0.15, 0.2) is 121 Å². The number of rotatable bonds is 6. The first-order chi connectivity index (χ1) is 13.9. The molecular weight excluding hydrogens is 395 g/mol. The Kier molecular flexibility index (Phi) is 6.99. The van der Waals surface area contributed by atoms with Gasteiger partial charge in [-0.25, -0.2) is 0 Å². The minimum absolute atomic E-state index is 0. The predicted octanol–water partition coefficient (Wildman–Crippen LogP) is 1.92. The third kappa shape index (κ3) is 3.90. The van der Waals surface area contributed by atoms with Crippen LogP contribution < -0.4 is 28.3 Å². The van der Waals surface area contributed by atoms with Crippen LogP contribution in [-0.2, 0) is 4.79 Å². The molecule has 4 aromatic rings. The summed E-state index contributed by atoms with van der Waals surface area (Å²) in [7, 11) is -2.25. The number of carbonyl (C=O) groups excluding carboxylic acids is 1. The van der Waals surface area contributed by atoms with Crippen LogP contribution >= 0.6 is 7.26 Å². The third-order valence-electron chi connectivity index (χ3n) is 5.18. The SMILES string of the molecule is O=CC(c1ccccc1)[P+](c1ccccc1)(c1ccccc1)c1ccccc1.[Cl-]. The van der Waals surface area contributed by atoms with Crippen molar-refractivity contribution in [2.75, 3.05) is 0 Å². The van der Waals surface area contributed by atoms with Crippen LogP contribution in [0.4, 0.5) is 0 Å². The fourth-order valence-corrected chi connectivity index (χ4v) is 8.55. The third-order valence-corrected chi connectivity index (χ3v) is 9.77. The Morgan fingerprint density at radius 1 is 0.517 bits per heavy atom. The molecule has 4 aromatic carbocycles. The molecule has 1 atom stereocenters. The molecule has 4 rings (SSSR count). The zero-order valence-corrected chi connectivity index (χ0v) is 17.6. The predicted molar refractivity (Wildman–Crippen MR) is 120 cm³/mol. The highest BCUT2D eigenvalue weighted by molar-refractivity contribution is 7.96. The van der Waals surface area contributed by atoms with Gasteiger partial charge in [-0.3, -0.25) is 4.79 Å². The van der Waals surface area contributed by atoms with Gasteiger partial charge in [0.1, 0.15) is 23.2 Å². The Morgan fingerprint density at radius 3 is 1.14 bits per heavy atom. The fraction of sp³-hybridized carbons (Fsp3) is 0.0385. The van der Waals surface area contributed by atoms with Crippen molar-refractivity contribution in [3.63, 3.8) is 0 Å². The van der Waals surface area contributed by atoms with Gasteiger partial charge in [-0.1, -0.05) is 84.9 Å². The molecule has 1 unspecified atom stereocenters. The van der Waals surface area contributed by atoms with E-state index in [1.54, 1.807) is 0 Å². The zero-order valence-electron chi connectivity index (χ0n) is 15.9. The molecule has 0 aliphatic carbocycles. The number of benzene rings is 4. The lowest BCUT2D eigenvalue weighted by Crippen LogP contribution is -3.00. The van der Waals surface area contributed by atoms with Crippen molar-refractivity contribution in [2.45, 2.75) is 5.66 Å². The number of aldehydes is 1. The number of halogens is 1. The normalized spacial score (nSPS) is 11.9. The molecule has 0 amide bonds. The molecule has 0 heterocycles. The highest BCUT2D eigenvalue weighted by atomic mass is 35.5.